The van der Waals surface area contributed by atoms with E-state index < -0.39 is 11.7 Å². The Hall–Kier alpha value is -2.31. The second-order valence-corrected chi connectivity index (χ2v) is 7.41. The van der Waals surface area contributed by atoms with Crippen LogP contribution in [0.5, 0.6) is 5.75 Å². The molecule has 7 nitrogen and oxygen atoms in total. The van der Waals surface area contributed by atoms with Gasteiger partial charge in [0.25, 0.3) is 0 Å². The van der Waals surface area contributed by atoms with Crippen LogP contribution in [-0.2, 0) is 4.74 Å². The van der Waals surface area contributed by atoms with Gasteiger partial charge in [0.1, 0.15) is 22.7 Å². The van der Waals surface area contributed by atoms with Gasteiger partial charge < -0.3 is 14.8 Å². The molecule has 1 aliphatic carbocycles. The van der Waals surface area contributed by atoms with E-state index in [2.05, 4.69) is 5.32 Å². The van der Waals surface area contributed by atoms with Crippen LogP contribution in [-0.4, -0.2) is 35.2 Å². The van der Waals surface area contributed by atoms with E-state index in [1.165, 1.54) is 0 Å². The number of ether oxygens (including phenoxy) is 2. The highest BCUT2D eigenvalue weighted by molar-refractivity contribution is 5.84. The first-order valence-corrected chi connectivity index (χ1v) is 8.59. The van der Waals surface area contributed by atoms with Crippen LogP contribution in [0.15, 0.2) is 18.3 Å². The Bertz CT molecular complexity index is 690. The quantitative estimate of drug-likeness (QED) is 0.578. The molecule has 138 valence electrons. The van der Waals surface area contributed by atoms with Crippen molar-refractivity contribution in [2.75, 3.05) is 7.11 Å². The van der Waals surface area contributed by atoms with Gasteiger partial charge in [-0.05, 0) is 46.1 Å². The molecule has 25 heavy (non-hydrogen) atoms. The standard InChI is InChI=1S/C18H28N4O3/c1-18(2,3)25-17(23)21-13-7-5-6-12(10-13)16(20)22-9-8-14(24-4)11-15(22)19/h8-9,11-13,19-20H,5-7,10H2,1-4H3,(H,21,23)/t12-,13+/m0/s1. The van der Waals surface area contributed by atoms with Gasteiger partial charge in [-0.25, -0.2) is 4.79 Å². The highest BCUT2D eigenvalue weighted by Gasteiger charge is 2.28. The second kappa shape index (κ2) is 7.72. The monoisotopic (exact) mass is 348 g/mol. The molecule has 2 atom stereocenters. The fourth-order valence-electron chi connectivity index (χ4n) is 3.06. The Morgan fingerprint density at radius 1 is 1.36 bits per heavy atom. The fraction of sp³-hybridized carbons (Fsp3) is 0.611. The number of aromatic nitrogens is 1. The molecule has 1 saturated carbocycles. The minimum Gasteiger partial charge on any atom is -0.497 e. The second-order valence-electron chi connectivity index (χ2n) is 7.41. The van der Waals surface area contributed by atoms with Crippen molar-refractivity contribution < 1.29 is 14.3 Å². The van der Waals surface area contributed by atoms with Crippen LogP contribution in [0.2, 0.25) is 0 Å². The van der Waals surface area contributed by atoms with E-state index in [0.29, 0.717) is 18.0 Å². The Morgan fingerprint density at radius 2 is 2.08 bits per heavy atom. The van der Waals surface area contributed by atoms with Gasteiger partial charge >= 0.3 is 6.09 Å². The molecule has 0 spiro atoms. The van der Waals surface area contributed by atoms with Crippen LogP contribution < -0.4 is 15.5 Å². The van der Waals surface area contributed by atoms with E-state index in [-0.39, 0.29) is 17.4 Å². The van der Waals surface area contributed by atoms with Crippen molar-refractivity contribution in [3.05, 3.63) is 23.8 Å². The molecule has 1 aliphatic rings. The molecule has 1 aromatic rings. The summed E-state index contributed by atoms with van der Waals surface area (Å²) in [5.74, 6) is 0.974. The molecule has 1 aromatic heterocycles. The van der Waals surface area contributed by atoms with Crippen molar-refractivity contribution in [2.45, 2.75) is 58.1 Å². The maximum absolute atomic E-state index is 12.0. The summed E-state index contributed by atoms with van der Waals surface area (Å²) < 4.78 is 12.0. The minimum atomic E-state index is -0.524. The van der Waals surface area contributed by atoms with Gasteiger partial charge in [-0.15, -0.1) is 0 Å². The molecule has 3 N–H and O–H groups in total. The first kappa shape index (κ1) is 19.0. The van der Waals surface area contributed by atoms with Crippen molar-refractivity contribution in [2.24, 2.45) is 5.92 Å². The number of hydrogen-bond donors (Lipinski definition) is 3. The van der Waals surface area contributed by atoms with Crippen molar-refractivity contribution in [3.8, 4) is 5.75 Å². The molecule has 2 rings (SSSR count). The molecular formula is C18H28N4O3. The van der Waals surface area contributed by atoms with Crippen LogP contribution >= 0.6 is 0 Å². The number of nitrogens with zero attached hydrogens (tertiary/aromatic N) is 1. The summed E-state index contributed by atoms with van der Waals surface area (Å²) in [5, 5.41) is 19.5. The Balaban J connectivity index is 2.02. The van der Waals surface area contributed by atoms with Crippen molar-refractivity contribution in [1.29, 1.82) is 10.8 Å². The van der Waals surface area contributed by atoms with E-state index in [4.69, 9.17) is 20.3 Å². The molecule has 1 amide bonds. The molecule has 0 bridgehead atoms. The number of carbonyl (C=O) groups is 1. The lowest BCUT2D eigenvalue weighted by Gasteiger charge is -2.31. The minimum absolute atomic E-state index is 0.00354. The molecule has 0 radical (unpaired) electrons. The molecule has 0 unspecified atom stereocenters. The average molecular weight is 348 g/mol. The van der Waals surface area contributed by atoms with Gasteiger partial charge in [0, 0.05) is 24.2 Å². The van der Waals surface area contributed by atoms with E-state index in [9.17, 15) is 4.79 Å². The first-order valence-electron chi connectivity index (χ1n) is 8.59. The van der Waals surface area contributed by atoms with E-state index in [1.807, 2.05) is 20.8 Å². The summed E-state index contributed by atoms with van der Waals surface area (Å²) in [4.78, 5) is 12.0. The van der Waals surface area contributed by atoms with E-state index >= 15 is 0 Å². The zero-order valence-corrected chi connectivity index (χ0v) is 15.4. The number of methoxy groups -OCH3 is 1. The molecule has 1 heterocycles. The molecule has 0 aromatic carbocycles. The lowest BCUT2D eigenvalue weighted by Crippen LogP contribution is -2.43. The average Bonchev–Trinajstić information content (AvgIpc) is 2.52. The summed E-state index contributed by atoms with van der Waals surface area (Å²) in [5.41, 5.74) is -0.309. The topological polar surface area (TPSA) is 100 Å². The Morgan fingerprint density at radius 3 is 2.68 bits per heavy atom. The summed E-state index contributed by atoms with van der Waals surface area (Å²) in [6.07, 6.45) is 4.64. The zero-order valence-electron chi connectivity index (χ0n) is 15.4. The van der Waals surface area contributed by atoms with Gasteiger partial charge in [0.15, 0.2) is 0 Å². The zero-order chi connectivity index (χ0) is 18.6. The SMILES string of the molecule is COc1ccn(C(=N)[C@H]2CCC[C@@H](NC(=O)OC(C)(C)C)C2)c(=N)c1. The normalized spacial score (nSPS) is 20.6. The first-order chi connectivity index (χ1) is 11.7. The number of nitrogens with one attached hydrogen (secondary N) is 3. The number of amides is 1. The summed E-state index contributed by atoms with van der Waals surface area (Å²) in [6.45, 7) is 5.51. The van der Waals surface area contributed by atoms with Crippen LogP contribution in [0.3, 0.4) is 0 Å². The van der Waals surface area contributed by atoms with Gasteiger partial charge in [0.05, 0.1) is 7.11 Å². The van der Waals surface area contributed by atoms with Crippen LogP contribution in [0.25, 0.3) is 0 Å². The lowest BCUT2D eigenvalue weighted by molar-refractivity contribution is 0.0489. The molecule has 7 heteroatoms. The smallest absolute Gasteiger partial charge is 0.407 e. The molecule has 0 aliphatic heterocycles. The third kappa shape index (κ3) is 5.34. The third-order valence-corrected chi connectivity index (χ3v) is 4.20. The summed E-state index contributed by atoms with van der Waals surface area (Å²) in [7, 11) is 1.55. The van der Waals surface area contributed by atoms with Gasteiger partial charge in [-0.2, -0.15) is 0 Å². The fourth-order valence-corrected chi connectivity index (χ4v) is 3.06. The van der Waals surface area contributed by atoms with Gasteiger partial charge in [-0.1, -0.05) is 6.42 Å². The summed E-state index contributed by atoms with van der Waals surface area (Å²) >= 11 is 0. The van der Waals surface area contributed by atoms with E-state index in [1.54, 1.807) is 30.0 Å². The predicted octanol–water partition coefficient (Wildman–Crippen LogP) is 2.89. The van der Waals surface area contributed by atoms with Crippen molar-refractivity contribution in [3.63, 3.8) is 0 Å². The highest BCUT2D eigenvalue weighted by atomic mass is 16.6. The van der Waals surface area contributed by atoms with Gasteiger partial charge in [-0.3, -0.25) is 15.4 Å². The number of hydrogen-bond acceptors (Lipinski definition) is 5. The van der Waals surface area contributed by atoms with Crippen LogP contribution in [0.1, 0.15) is 46.5 Å². The van der Waals surface area contributed by atoms with Gasteiger partial charge in [0.2, 0.25) is 0 Å². The predicted molar refractivity (Wildman–Crippen MR) is 95.1 cm³/mol. The van der Waals surface area contributed by atoms with Crippen molar-refractivity contribution >= 4 is 11.9 Å². The number of pyridine rings is 1. The Kier molecular flexibility index (Phi) is 5.87. The van der Waals surface area contributed by atoms with E-state index in [0.717, 1.165) is 19.3 Å². The lowest BCUT2D eigenvalue weighted by atomic mass is 9.85. The molecule has 1 fully saturated rings. The molecule has 0 saturated heterocycles. The largest absolute Gasteiger partial charge is 0.497 e. The number of rotatable bonds is 3. The number of carbonyl (C=O) groups excluding carboxylic acids is 1. The number of alkyl carbamates (subject to hydrolysis) is 1. The van der Waals surface area contributed by atoms with Crippen molar-refractivity contribution in [1.82, 2.24) is 9.88 Å². The third-order valence-electron chi connectivity index (χ3n) is 4.20. The maximum Gasteiger partial charge on any atom is 0.407 e. The van der Waals surface area contributed by atoms with Crippen LogP contribution in [0.4, 0.5) is 4.79 Å². The highest BCUT2D eigenvalue weighted by Crippen LogP contribution is 2.26. The maximum atomic E-state index is 12.0. The Labute approximate surface area is 148 Å². The summed E-state index contributed by atoms with van der Waals surface area (Å²) in [6, 6.07) is 3.32. The molecular weight excluding hydrogens is 320 g/mol. The van der Waals surface area contributed by atoms with Crippen LogP contribution in [0, 0.1) is 16.7 Å².